The van der Waals surface area contributed by atoms with Crippen molar-refractivity contribution in [3.63, 3.8) is 0 Å². The van der Waals surface area contributed by atoms with E-state index in [4.69, 9.17) is 19.7 Å². The van der Waals surface area contributed by atoms with Gasteiger partial charge >= 0.3 is 17.9 Å². The van der Waals surface area contributed by atoms with Gasteiger partial charge in [-0.15, -0.1) is 0 Å². The highest BCUT2D eigenvalue weighted by Crippen LogP contribution is 2.29. The Morgan fingerprint density at radius 2 is 1.64 bits per heavy atom. The number of aliphatic hydroxyl groups excluding tert-OH is 1. The number of carboxylic acid groups (broad SMARTS) is 1. The first-order chi connectivity index (χ1) is 11.6. The highest BCUT2D eigenvalue weighted by atomic mass is 16.6. The molecule has 0 amide bonds. The van der Waals surface area contributed by atoms with Crippen molar-refractivity contribution in [3.05, 3.63) is 29.8 Å². The number of esters is 2. The lowest BCUT2D eigenvalue weighted by atomic mass is 9.99. The molecule has 0 spiro atoms. The molecule has 1 aromatic rings. The number of carbonyl (C=O) groups excluding carboxylic acids is 3. The number of ketones is 1. The zero-order valence-corrected chi connectivity index (χ0v) is 13.4. The molecule has 0 aliphatic carbocycles. The SMILES string of the molecule is CC(=O)Oc1ccc(C=CC(=O)C(O)(CO)C(=O)O)cc1OC(C)=O. The lowest BCUT2D eigenvalue weighted by Gasteiger charge is -2.16. The Morgan fingerprint density at radius 3 is 2.12 bits per heavy atom. The van der Waals surface area contributed by atoms with E-state index in [0.29, 0.717) is 0 Å². The summed E-state index contributed by atoms with van der Waals surface area (Å²) in [6.07, 6.45) is 1.89. The molecule has 0 bridgehead atoms. The maximum absolute atomic E-state index is 11.8. The monoisotopic (exact) mass is 352 g/mol. The number of carbonyl (C=O) groups is 4. The second-order valence-electron chi connectivity index (χ2n) is 4.91. The van der Waals surface area contributed by atoms with Crippen LogP contribution in [0.5, 0.6) is 11.5 Å². The molecule has 0 aliphatic heterocycles. The highest BCUT2D eigenvalue weighted by molar-refractivity contribution is 6.13. The topological polar surface area (TPSA) is 147 Å². The molecule has 134 valence electrons. The number of hydrogen-bond acceptors (Lipinski definition) is 8. The first-order valence-corrected chi connectivity index (χ1v) is 6.90. The summed E-state index contributed by atoms with van der Waals surface area (Å²) in [4.78, 5) is 44.8. The standard InChI is InChI=1S/C16H16O9/c1-9(18)24-12-5-3-11(7-13(12)25-10(2)19)4-6-14(20)16(23,8-17)15(21)22/h3-7,17,23H,8H2,1-2H3,(H,21,22). The fourth-order valence-electron chi connectivity index (χ4n) is 1.66. The van der Waals surface area contributed by atoms with Gasteiger partial charge in [-0.1, -0.05) is 12.1 Å². The van der Waals surface area contributed by atoms with Gasteiger partial charge < -0.3 is 24.8 Å². The second-order valence-corrected chi connectivity index (χ2v) is 4.91. The van der Waals surface area contributed by atoms with Crippen molar-refractivity contribution >= 4 is 29.8 Å². The number of ether oxygens (including phenoxy) is 2. The van der Waals surface area contributed by atoms with E-state index in [0.717, 1.165) is 26.0 Å². The molecular formula is C16H16O9. The van der Waals surface area contributed by atoms with Crippen molar-refractivity contribution < 1.29 is 44.0 Å². The van der Waals surface area contributed by atoms with E-state index in [1.807, 2.05) is 0 Å². The molecule has 0 saturated carbocycles. The van der Waals surface area contributed by atoms with Crippen LogP contribution in [0.3, 0.4) is 0 Å². The van der Waals surface area contributed by atoms with Gasteiger partial charge in [0.2, 0.25) is 11.4 Å². The summed E-state index contributed by atoms with van der Waals surface area (Å²) in [6, 6.07) is 3.97. The molecule has 25 heavy (non-hydrogen) atoms. The predicted molar refractivity (Wildman–Crippen MR) is 82.8 cm³/mol. The van der Waals surface area contributed by atoms with E-state index in [1.54, 1.807) is 0 Å². The molecular weight excluding hydrogens is 336 g/mol. The molecule has 0 fully saturated rings. The van der Waals surface area contributed by atoms with Crippen molar-refractivity contribution in [2.75, 3.05) is 6.61 Å². The first kappa shape index (κ1) is 20.0. The molecule has 1 rings (SSSR count). The predicted octanol–water partition coefficient (Wildman–Crippen LogP) is -0.0725. The van der Waals surface area contributed by atoms with Crippen molar-refractivity contribution in [3.8, 4) is 11.5 Å². The van der Waals surface area contributed by atoms with Crippen molar-refractivity contribution in [1.82, 2.24) is 0 Å². The van der Waals surface area contributed by atoms with Crippen molar-refractivity contribution in [2.24, 2.45) is 0 Å². The summed E-state index contributed by atoms with van der Waals surface area (Å²) in [6.45, 7) is 0.999. The lowest BCUT2D eigenvalue weighted by Crippen LogP contribution is -2.49. The zero-order chi connectivity index (χ0) is 19.2. The number of benzene rings is 1. The van der Waals surface area contributed by atoms with Crippen LogP contribution in [-0.4, -0.2) is 51.2 Å². The van der Waals surface area contributed by atoms with Crippen LogP contribution in [0.25, 0.3) is 6.08 Å². The molecule has 1 aromatic carbocycles. The minimum Gasteiger partial charge on any atom is -0.479 e. The summed E-state index contributed by atoms with van der Waals surface area (Å²) in [5, 5.41) is 27.3. The van der Waals surface area contributed by atoms with Gasteiger partial charge in [-0.2, -0.15) is 0 Å². The second kappa shape index (κ2) is 8.18. The summed E-state index contributed by atoms with van der Waals surface area (Å²) in [7, 11) is 0. The van der Waals surface area contributed by atoms with Crippen LogP contribution >= 0.6 is 0 Å². The summed E-state index contributed by atoms with van der Waals surface area (Å²) >= 11 is 0. The van der Waals surface area contributed by atoms with E-state index in [-0.39, 0.29) is 17.1 Å². The highest BCUT2D eigenvalue weighted by Gasteiger charge is 2.42. The number of rotatable bonds is 7. The molecule has 1 atom stereocenters. The van der Waals surface area contributed by atoms with Gasteiger partial charge in [-0.25, -0.2) is 4.79 Å². The van der Waals surface area contributed by atoms with Gasteiger partial charge in [0.15, 0.2) is 11.5 Å². The van der Waals surface area contributed by atoms with Crippen LogP contribution in [0.1, 0.15) is 19.4 Å². The van der Waals surface area contributed by atoms with Gasteiger partial charge in [0, 0.05) is 13.8 Å². The minimum atomic E-state index is -2.95. The van der Waals surface area contributed by atoms with Gasteiger partial charge in [-0.3, -0.25) is 14.4 Å². The molecule has 0 aliphatic rings. The lowest BCUT2D eigenvalue weighted by molar-refractivity contribution is -0.167. The maximum Gasteiger partial charge on any atom is 0.346 e. The van der Waals surface area contributed by atoms with Gasteiger partial charge in [0.1, 0.15) is 0 Å². The third-order valence-corrected chi connectivity index (χ3v) is 2.89. The number of carboxylic acids is 1. The van der Waals surface area contributed by atoms with E-state index in [2.05, 4.69) is 0 Å². The van der Waals surface area contributed by atoms with E-state index >= 15 is 0 Å². The Hall–Kier alpha value is -3.04. The molecule has 1 unspecified atom stereocenters. The van der Waals surface area contributed by atoms with Crippen LogP contribution in [0, 0.1) is 0 Å². The number of aliphatic carboxylic acids is 1. The number of hydrogen-bond donors (Lipinski definition) is 3. The van der Waals surface area contributed by atoms with Crippen LogP contribution in [0.4, 0.5) is 0 Å². The molecule has 3 N–H and O–H groups in total. The summed E-state index contributed by atoms with van der Waals surface area (Å²) < 4.78 is 9.77. The molecule has 0 heterocycles. The fourth-order valence-corrected chi connectivity index (χ4v) is 1.66. The molecule has 9 nitrogen and oxygen atoms in total. The van der Waals surface area contributed by atoms with Gasteiger partial charge in [0.25, 0.3) is 0 Å². The van der Waals surface area contributed by atoms with E-state index in [9.17, 15) is 24.3 Å². The van der Waals surface area contributed by atoms with Gasteiger partial charge in [-0.05, 0) is 23.8 Å². The molecule has 9 heteroatoms. The third-order valence-electron chi connectivity index (χ3n) is 2.89. The normalized spacial score (nSPS) is 13.1. The Bertz CT molecular complexity index is 735. The maximum atomic E-state index is 11.8. The largest absolute Gasteiger partial charge is 0.479 e. The Labute approximate surface area is 142 Å². The number of aliphatic hydroxyl groups is 2. The fraction of sp³-hybridized carbons (Fsp3) is 0.250. The van der Waals surface area contributed by atoms with Crippen LogP contribution in [-0.2, 0) is 19.2 Å². The van der Waals surface area contributed by atoms with Crippen molar-refractivity contribution in [2.45, 2.75) is 19.4 Å². The van der Waals surface area contributed by atoms with Crippen LogP contribution < -0.4 is 9.47 Å². The zero-order valence-electron chi connectivity index (χ0n) is 13.4. The molecule has 0 saturated heterocycles. The smallest absolute Gasteiger partial charge is 0.346 e. The van der Waals surface area contributed by atoms with E-state index in [1.165, 1.54) is 18.2 Å². The Kier molecular flexibility index (Phi) is 6.54. The van der Waals surface area contributed by atoms with Gasteiger partial charge in [0.05, 0.1) is 6.61 Å². The van der Waals surface area contributed by atoms with E-state index < -0.39 is 35.9 Å². The van der Waals surface area contributed by atoms with Crippen LogP contribution in [0.15, 0.2) is 24.3 Å². The summed E-state index contributed by atoms with van der Waals surface area (Å²) in [5.41, 5.74) is -2.67. The molecule has 0 radical (unpaired) electrons. The first-order valence-electron chi connectivity index (χ1n) is 6.90. The summed E-state index contributed by atoms with van der Waals surface area (Å²) in [5.74, 6) is -4.57. The quantitative estimate of drug-likeness (QED) is 0.265. The Balaban J connectivity index is 3.13. The van der Waals surface area contributed by atoms with Crippen LogP contribution in [0.2, 0.25) is 0 Å². The third kappa shape index (κ3) is 5.23. The average molecular weight is 352 g/mol. The molecule has 0 aromatic heterocycles. The minimum absolute atomic E-state index is 0.0245. The van der Waals surface area contributed by atoms with Crippen molar-refractivity contribution in [1.29, 1.82) is 0 Å². The average Bonchev–Trinajstić information content (AvgIpc) is 2.52. The Morgan fingerprint density at radius 1 is 1.08 bits per heavy atom.